The molecule has 0 bridgehead atoms. The van der Waals surface area contributed by atoms with E-state index in [-0.39, 0.29) is 6.61 Å². The molecule has 172 valence electrons. The Bertz CT molecular complexity index is 1150. The second kappa shape index (κ2) is 11.3. The van der Waals surface area contributed by atoms with Crippen molar-refractivity contribution < 1.29 is 17.9 Å². The summed E-state index contributed by atoms with van der Waals surface area (Å²) >= 11 is 0. The van der Waals surface area contributed by atoms with E-state index in [9.17, 15) is 13.2 Å². The number of anilines is 2. The van der Waals surface area contributed by atoms with E-state index >= 15 is 0 Å². The first-order valence-electron chi connectivity index (χ1n) is 10.6. The van der Waals surface area contributed by atoms with Crippen LogP contribution in [0, 0.1) is 0 Å². The van der Waals surface area contributed by atoms with Crippen LogP contribution < -0.4 is 9.62 Å². The van der Waals surface area contributed by atoms with Gasteiger partial charge in [-0.2, -0.15) is 0 Å². The molecule has 1 N–H and O–H groups in total. The van der Waals surface area contributed by atoms with Crippen molar-refractivity contribution in [2.75, 3.05) is 22.5 Å². The molecule has 6 nitrogen and oxygen atoms in total. The van der Waals surface area contributed by atoms with Crippen LogP contribution in [-0.2, 0) is 32.6 Å². The molecular weight excluding hydrogens is 436 g/mol. The maximum atomic E-state index is 12.0. The Hall–Kier alpha value is -3.58. The maximum absolute atomic E-state index is 12.0. The van der Waals surface area contributed by atoms with Crippen LogP contribution in [0.25, 0.3) is 6.08 Å². The predicted molar refractivity (Wildman–Crippen MR) is 133 cm³/mol. The van der Waals surface area contributed by atoms with Crippen LogP contribution in [0.3, 0.4) is 0 Å². The first-order valence-corrected chi connectivity index (χ1v) is 12.5. The third-order valence-corrected chi connectivity index (χ3v) is 5.42. The van der Waals surface area contributed by atoms with Gasteiger partial charge in [-0.05, 0) is 36.3 Å². The lowest BCUT2D eigenvalue weighted by Gasteiger charge is -2.28. The van der Waals surface area contributed by atoms with Crippen molar-refractivity contribution in [1.82, 2.24) is 0 Å². The maximum Gasteiger partial charge on any atom is 0.330 e. The summed E-state index contributed by atoms with van der Waals surface area (Å²) in [5.74, 6) is -0.490. The highest BCUT2D eigenvalue weighted by molar-refractivity contribution is 7.92. The lowest BCUT2D eigenvalue weighted by Crippen LogP contribution is -2.23. The minimum absolute atomic E-state index is 0.257. The molecule has 0 aliphatic carbocycles. The summed E-state index contributed by atoms with van der Waals surface area (Å²) < 4.78 is 31.6. The average Bonchev–Trinajstić information content (AvgIpc) is 2.78. The second-order valence-corrected chi connectivity index (χ2v) is 9.27. The van der Waals surface area contributed by atoms with E-state index in [2.05, 4.69) is 9.62 Å². The Labute approximate surface area is 195 Å². The molecule has 0 atom stereocenters. The summed E-state index contributed by atoms with van der Waals surface area (Å²) in [4.78, 5) is 14.2. The van der Waals surface area contributed by atoms with Crippen LogP contribution in [0.4, 0.5) is 11.4 Å². The fraction of sp³-hybridized carbons (Fsp3) is 0.192. The number of nitrogens with one attached hydrogen (secondary N) is 1. The number of esters is 1. The highest BCUT2D eigenvalue weighted by atomic mass is 32.2. The highest BCUT2D eigenvalue weighted by Gasteiger charge is 2.16. The van der Waals surface area contributed by atoms with E-state index < -0.39 is 16.0 Å². The van der Waals surface area contributed by atoms with Gasteiger partial charge in [0.25, 0.3) is 0 Å². The monoisotopic (exact) mass is 464 g/mol. The van der Waals surface area contributed by atoms with Gasteiger partial charge in [-0.25, -0.2) is 13.2 Å². The van der Waals surface area contributed by atoms with Gasteiger partial charge in [0.15, 0.2) is 0 Å². The zero-order valence-corrected chi connectivity index (χ0v) is 19.6. The van der Waals surface area contributed by atoms with Crippen LogP contribution >= 0.6 is 0 Å². The third-order valence-electron chi connectivity index (χ3n) is 4.82. The van der Waals surface area contributed by atoms with Gasteiger partial charge in [-0.15, -0.1) is 0 Å². The molecule has 0 heterocycles. The molecule has 0 saturated carbocycles. The van der Waals surface area contributed by atoms with Gasteiger partial charge in [0.1, 0.15) is 0 Å². The largest absolute Gasteiger partial charge is 0.463 e. The molecule has 3 aromatic rings. The lowest BCUT2D eigenvalue weighted by atomic mass is 10.1. The van der Waals surface area contributed by atoms with E-state index in [0.29, 0.717) is 24.3 Å². The highest BCUT2D eigenvalue weighted by Crippen LogP contribution is 2.32. The van der Waals surface area contributed by atoms with Gasteiger partial charge < -0.3 is 9.64 Å². The van der Waals surface area contributed by atoms with Crippen LogP contribution in [-0.4, -0.2) is 27.2 Å². The first-order chi connectivity index (χ1) is 15.9. The molecule has 0 radical (unpaired) electrons. The molecule has 0 spiro atoms. The van der Waals surface area contributed by atoms with Gasteiger partial charge in [0.05, 0.1) is 18.6 Å². The molecule has 33 heavy (non-hydrogen) atoms. The summed E-state index contributed by atoms with van der Waals surface area (Å²) in [6.07, 6.45) is 4.02. The second-order valence-electron chi connectivity index (χ2n) is 7.53. The molecule has 3 aromatic carbocycles. The van der Waals surface area contributed by atoms with E-state index in [1.807, 2.05) is 66.7 Å². The summed E-state index contributed by atoms with van der Waals surface area (Å²) in [7, 11) is -3.53. The zero-order valence-electron chi connectivity index (χ0n) is 18.8. The van der Waals surface area contributed by atoms with Crippen molar-refractivity contribution in [3.05, 3.63) is 102 Å². The molecule has 0 amide bonds. The molecule has 0 saturated heterocycles. The number of benzene rings is 3. The number of sulfonamides is 1. The molecule has 7 heteroatoms. The fourth-order valence-corrected chi connectivity index (χ4v) is 4.05. The van der Waals surface area contributed by atoms with Gasteiger partial charge >= 0.3 is 5.97 Å². The number of nitrogens with zero attached hydrogens (tertiary/aromatic N) is 1. The standard InChI is InChI=1S/C26H28N2O4S/c1-3-32-26(29)18-17-23-24(27-33(2,30)31)15-10-16-25(23)28(19-21-11-6-4-7-12-21)20-22-13-8-5-9-14-22/h4-18,27H,3,19-20H2,1-2H3/b18-17+. The molecule has 0 aromatic heterocycles. The van der Waals surface area contributed by atoms with Crippen molar-refractivity contribution in [2.24, 2.45) is 0 Å². The Morgan fingerprint density at radius 3 is 2.00 bits per heavy atom. The zero-order chi connectivity index (χ0) is 23.7. The average molecular weight is 465 g/mol. The number of ether oxygens (including phenoxy) is 1. The summed E-state index contributed by atoms with van der Waals surface area (Å²) in [5, 5.41) is 0. The van der Waals surface area contributed by atoms with Crippen molar-refractivity contribution in [3.63, 3.8) is 0 Å². The van der Waals surface area contributed by atoms with Crippen molar-refractivity contribution in [2.45, 2.75) is 20.0 Å². The summed E-state index contributed by atoms with van der Waals surface area (Å²) in [6.45, 7) is 3.18. The number of hydrogen-bond donors (Lipinski definition) is 1. The Balaban J connectivity index is 2.09. The van der Waals surface area contributed by atoms with E-state index in [1.54, 1.807) is 25.1 Å². The summed E-state index contributed by atoms with van der Waals surface area (Å²) in [5.41, 5.74) is 3.98. The van der Waals surface area contributed by atoms with Crippen molar-refractivity contribution in [1.29, 1.82) is 0 Å². The smallest absolute Gasteiger partial charge is 0.330 e. The Kier molecular flexibility index (Phi) is 8.27. The molecule has 3 rings (SSSR count). The SMILES string of the molecule is CCOC(=O)/C=C/c1c(NS(C)(=O)=O)cccc1N(Cc1ccccc1)Cc1ccccc1. The van der Waals surface area contributed by atoms with Crippen LogP contribution in [0.5, 0.6) is 0 Å². The number of rotatable bonds is 10. The van der Waals surface area contributed by atoms with Gasteiger partial charge in [-0.1, -0.05) is 66.7 Å². The van der Waals surface area contributed by atoms with Gasteiger partial charge in [-0.3, -0.25) is 4.72 Å². The van der Waals surface area contributed by atoms with E-state index in [4.69, 9.17) is 4.74 Å². The Morgan fingerprint density at radius 1 is 0.909 bits per heavy atom. The molecule has 0 aliphatic rings. The predicted octanol–water partition coefficient (Wildman–Crippen LogP) is 4.84. The fourth-order valence-electron chi connectivity index (χ4n) is 3.47. The number of carbonyl (C=O) groups excluding carboxylic acids is 1. The quantitative estimate of drug-likeness (QED) is 0.343. The van der Waals surface area contributed by atoms with Gasteiger partial charge in [0.2, 0.25) is 10.0 Å². The number of carbonyl (C=O) groups is 1. The van der Waals surface area contributed by atoms with E-state index in [0.717, 1.165) is 23.1 Å². The lowest BCUT2D eigenvalue weighted by molar-refractivity contribution is -0.137. The first kappa shape index (κ1) is 24.1. The molecule has 0 fully saturated rings. The summed E-state index contributed by atoms with van der Waals surface area (Å²) in [6, 6.07) is 25.5. The van der Waals surface area contributed by atoms with Crippen molar-refractivity contribution >= 4 is 33.4 Å². The van der Waals surface area contributed by atoms with Crippen LogP contribution in [0.2, 0.25) is 0 Å². The third kappa shape index (κ3) is 7.50. The topological polar surface area (TPSA) is 75.7 Å². The van der Waals surface area contributed by atoms with Gasteiger partial charge in [0, 0.05) is 30.4 Å². The molecule has 0 aliphatic heterocycles. The number of hydrogen-bond acceptors (Lipinski definition) is 5. The molecular formula is C26H28N2O4S. The Morgan fingerprint density at radius 2 is 1.48 bits per heavy atom. The molecule has 0 unspecified atom stereocenters. The minimum atomic E-state index is -3.53. The minimum Gasteiger partial charge on any atom is -0.463 e. The van der Waals surface area contributed by atoms with Crippen LogP contribution in [0.1, 0.15) is 23.6 Å². The van der Waals surface area contributed by atoms with Crippen LogP contribution in [0.15, 0.2) is 84.9 Å². The normalized spacial score (nSPS) is 11.3. The van der Waals surface area contributed by atoms with E-state index in [1.165, 1.54) is 6.08 Å². The van der Waals surface area contributed by atoms with Crippen molar-refractivity contribution in [3.8, 4) is 0 Å².